The van der Waals surface area contributed by atoms with Gasteiger partial charge in [0.25, 0.3) is 15.9 Å². The second-order valence-corrected chi connectivity index (χ2v) is 17.5. The number of alkyl halides is 1. The highest BCUT2D eigenvalue weighted by molar-refractivity contribution is 7.84. The molecule has 4 amide bonds. The zero-order valence-corrected chi connectivity index (χ0v) is 29.8. The fraction of sp³-hybridized carbons (Fsp3) is 0.875. The summed E-state index contributed by atoms with van der Waals surface area (Å²) in [6.07, 6.45) is 5.49. The number of nitrogens with one attached hydrogen (secondary N) is 4. The van der Waals surface area contributed by atoms with E-state index in [2.05, 4.69) is 21.3 Å². The van der Waals surface area contributed by atoms with Crippen LogP contribution >= 0.6 is 0 Å². The molecule has 1 saturated heterocycles. The van der Waals surface area contributed by atoms with Crippen molar-refractivity contribution in [3.63, 3.8) is 0 Å². The van der Waals surface area contributed by atoms with Crippen LogP contribution in [-0.2, 0) is 24.4 Å². The minimum Gasteiger partial charge on any atom is -0.376 e. The van der Waals surface area contributed by atoms with Crippen LogP contribution in [0.2, 0.25) is 0 Å². The summed E-state index contributed by atoms with van der Waals surface area (Å²) in [6.45, 7) is 9.93. The number of urea groups is 1. The van der Waals surface area contributed by atoms with Crippen LogP contribution in [0.3, 0.4) is 0 Å². The molecule has 0 aromatic rings. The molecule has 1 aliphatic heterocycles. The lowest BCUT2D eigenvalue weighted by molar-refractivity contribution is -0.580. The van der Waals surface area contributed by atoms with Gasteiger partial charge in [0.15, 0.2) is 0 Å². The van der Waals surface area contributed by atoms with Gasteiger partial charge in [-0.05, 0) is 64.2 Å². The number of nitrogens with zero attached hydrogens (tertiary/aromatic N) is 1. The van der Waals surface area contributed by atoms with Gasteiger partial charge in [0.05, 0.1) is 23.7 Å². The van der Waals surface area contributed by atoms with Crippen LogP contribution in [0.1, 0.15) is 112 Å². The molecule has 2 saturated carbocycles. The predicted octanol–water partition coefficient (Wildman–Crippen LogP) is 0.960. The summed E-state index contributed by atoms with van der Waals surface area (Å²) in [4.78, 5) is 54.1. The molecule has 3 aliphatic rings. The molecule has 0 radical (unpaired) electrons. The minimum atomic E-state index is -3.85. The number of hydrogen-bond donors (Lipinski definition) is 6. The summed E-state index contributed by atoms with van der Waals surface area (Å²) < 4.78 is 40.8. The summed E-state index contributed by atoms with van der Waals surface area (Å²) in [7, 11) is -3.85. The lowest BCUT2D eigenvalue weighted by Gasteiger charge is -2.42. The van der Waals surface area contributed by atoms with E-state index in [9.17, 15) is 37.1 Å². The van der Waals surface area contributed by atoms with Crippen LogP contribution in [0.15, 0.2) is 0 Å². The maximum atomic E-state index is 13.6. The van der Waals surface area contributed by atoms with Gasteiger partial charge >= 0.3 is 6.03 Å². The lowest BCUT2D eigenvalue weighted by Crippen LogP contribution is -2.99. The molecule has 13 nitrogen and oxygen atoms in total. The van der Waals surface area contributed by atoms with Crippen LogP contribution in [0.4, 0.5) is 9.18 Å². The average Bonchev–Trinajstić information content (AvgIpc) is 3.64. The number of halogens is 1. The quantitative estimate of drug-likeness (QED) is 0.129. The summed E-state index contributed by atoms with van der Waals surface area (Å²) in [5, 5.41) is 22.9. The highest BCUT2D eigenvalue weighted by atomic mass is 32.2. The Labute approximate surface area is 279 Å². The van der Waals surface area contributed by atoms with E-state index < -0.39 is 81.2 Å². The first kappa shape index (κ1) is 39.1. The van der Waals surface area contributed by atoms with Crippen LogP contribution in [0, 0.1) is 5.41 Å². The van der Waals surface area contributed by atoms with E-state index in [4.69, 9.17) is 0 Å². The minimum absolute atomic E-state index is 0.00757. The van der Waals surface area contributed by atoms with Crippen molar-refractivity contribution in [2.45, 2.75) is 154 Å². The number of nitrogens with two attached hydrogens (primary N) is 1. The molecule has 3 rings (SSSR count). The molecule has 3 fully saturated rings. The topological polar surface area (TPSA) is 191 Å². The second-order valence-electron chi connectivity index (χ2n) is 15.6. The van der Waals surface area contributed by atoms with Gasteiger partial charge in [-0.25, -0.2) is 13.9 Å². The fourth-order valence-corrected chi connectivity index (χ4v) is 8.93. The number of sulfonamides is 1. The third-order valence-electron chi connectivity index (χ3n) is 9.31. The van der Waals surface area contributed by atoms with Crippen molar-refractivity contribution in [1.82, 2.24) is 26.2 Å². The molecule has 7 N–H and O–H groups in total. The second kappa shape index (κ2) is 15.9. The van der Waals surface area contributed by atoms with Crippen molar-refractivity contribution < 1.29 is 41.8 Å². The Bertz CT molecular complexity index is 1230. The normalized spacial score (nSPS) is 22.5. The first-order chi connectivity index (χ1) is 21.8. The zero-order chi connectivity index (χ0) is 35.2. The van der Waals surface area contributed by atoms with E-state index in [1.165, 1.54) is 13.8 Å². The number of hydrogen-bond acceptors (Lipinski definition) is 8. The molecule has 2 unspecified atom stereocenters. The van der Waals surface area contributed by atoms with E-state index in [1.54, 1.807) is 4.90 Å². The molecule has 47 heavy (non-hydrogen) atoms. The van der Waals surface area contributed by atoms with Crippen LogP contribution in [-0.4, -0.2) is 102 Å². The summed E-state index contributed by atoms with van der Waals surface area (Å²) in [5.41, 5.74) is -2.91. The number of rotatable bonds is 16. The Hall–Kier alpha value is -2.36. The van der Waals surface area contributed by atoms with Crippen molar-refractivity contribution in [3.8, 4) is 0 Å². The number of likely N-dealkylation sites (tertiary alicyclic amines) is 1. The number of Topliss-reactive ketones (excluding diaryl/α,β-unsaturated/α-hetero) is 1. The fourth-order valence-electron chi connectivity index (χ4n) is 6.68. The van der Waals surface area contributed by atoms with Crippen molar-refractivity contribution >= 4 is 33.7 Å². The maximum Gasteiger partial charge on any atom is 0.315 e. The van der Waals surface area contributed by atoms with Crippen molar-refractivity contribution in [2.75, 3.05) is 19.0 Å². The first-order valence-electron chi connectivity index (χ1n) is 17.1. The molecule has 1 heterocycles. The van der Waals surface area contributed by atoms with E-state index in [0.717, 1.165) is 36.8 Å². The Balaban J connectivity index is 1.73. The van der Waals surface area contributed by atoms with Crippen molar-refractivity contribution in [2.24, 2.45) is 5.41 Å². The Morgan fingerprint density at radius 1 is 1.00 bits per heavy atom. The summed E-state index contributed by atoms with van der Waals surface area (Å²) in [6, 6.07) is -3.27. The number of primary sulfonamides is 1. The molecule has 4 atom stereocenters. The summed E-state index contributed by atoms with van der Waals surface area (Å²) >= 11 is 0. The standard InChI is InChI=1S/C32H57FN6O7S/c1-7-12-22(24(40)27(42)34-21-14-15-21)35-26(41)23-13-11-18-39(23)28(43)25(30(2,3)4)36-29(44)37-32(16-9-8-10-17-32)20-47(45,46)38-31(5,6)19-33/h21-23,25,28,38,43H,7-20H2,1-6H3,(H,34,42)(H,35,41)(H2,36,37,44)/p+1/t22?,23-,25+,28?/m0/s1. The van der Waals surface area contributed by atoms with E-state index in [1.807, 2.05) is 27.7 Å². The van der Waals surface area contributed by atoms with Crippen molar-refractivity contribution in [3.05, 3.63) is 0 Å². The van der Waals surface area contributed by atoms with Gasteiger partial charge in [0, 0.05) is 12.6 Å². The number of aliphatic hydroxyl groups excluding tert-OH is 1. The molecule has 2 aliphatic carbocycles. The molecule has 15 heteroatoms. The third-order valence-corrected chi connectivity index (χ3v) is 11.3. The number of quaternary nitrogens is 1. The lowest BCUT2D eigenvalue weighted by atomic mass is 9.83. The molecule has 0 aromatic heterocycles. The third kappa shape index (κ3) is 11.4. The summed E-state index contributed by atoms with van der Waals surface area (Å²) in [5.74, 6) is -2.22. The van der Waals surface area contributed by atoms with Crippen molar-refractivity contribution in [1.29, 1.82) is 0 Å². The number of aliphatic hydroxyl groups is 1. The first-order valence-corrected chi connectivity index (χ1v) is 18.9. The smallest absolute Gasteiger partial charge is 0.315 e. The van der Waals surface area contributed by atoms with Gasteiger partial charge in [-0.3, -0.25) is 19.3 Å². The Morgan fingerprint density at radius 2 is 1.64 bits per heavy atom. The predicted molar refractivity (Wildman–Crippen MR) is 175 cm³/mol. The molecule has 0 aromatic carbocycles. The number of ketones is 1. The monoisotopic (exact) mass is 689 g/mol. The highest BCUT2D eigenvalue weighted by Gasteiger charge is 2.46. The number of amides is 4. The molecular formula is C32H58FN6O7S+. The largest absolute Gasteiger partial charge is 0.376 e. The molecule has 0 spiro atoms. The molecule has 0 bridgehead atoms. The zero-order valence-electron chi connectivity index (χ0n) is 29.0. The highest BCUT2D eigenvalue weighted by Crippen LogP contribution is 2.31. The van der Waals surface area contributed by atoms with Gasteiger partial charge in [-0.2, -0.15) is 8.42 Å². The number of carbonyl (C=O) groups excluding carboxylic acids is 4. The van der Waals surface area contributed by atoms with E-state index in [0.29, 0.717) is 45.1 Å². The average molecular weight is 690 g/mol. The van der Waals surface area contributed by atoms with Gasteiger partial charge in [0.2, 0.25) is 11.7 Å². The SMILES string of the molecule is CCCC(NC(=O)[C@@H]1CCCN1C(O)[C@@H](NC(=O)NC1(CS(=O)(=O)[NH2+]C(C)(C)CF)CCCCC1)C(C)(C)C)C(=O)C(=O)NC1CC1. The van der Waals surface area contributed by atoms with Gasteiger partial charge < -0.3 is 26.4 Å². The maximum absolute atomic E-state index is 13.6. The van der Waals surface area contributed by atoms with E-state index in [-0.39, 0.29) is 11.8 Å². The molecular weight excluding hydrogens is 631 g/mol. The van der Waals surface area contributed by atoms with Gasteiger partial charge in [-0.15, -0.1) is 0 Å². The van der Waals surface area contributed by atoms with Crippen LogP contribution in [0.5, 0.6) is 0 Å². The van der Waals surface area contributed by atoms with Gasteiger partial charge in [0.1, 0.15) is 24.2 Å². The van der Waals surface area contributed by atoms with Crippen LogP contribution in [0.25, 0.3) is 0 Å². The number of carbonyl (C=O) groups is 4. The van der Waals surface area contributed by atoms with Crippen LogP contribution < -0.4 is 26.0 Å². The Kier molecular flexibility index (Phi) is 13.2. The van der Waals surface area contributed by atoms with Gasteiger partial charge in [-0.1, -0.05) is 53.4 Å². The molecule has 270 valence electrons. The Morgan fingerprint density at radius 3 is 2.19 bits per heavy atom. The van der Waals surface area contributed by atoms with E-state index >= 15 is 0 Å².